The van der Waals surface area contributed by atoms with Crippen molar-refractivity contribution in [3.8, 4) is 0 Å². The molecule has 1 aromatic rings. The Labute approximate surface area is 131 Å². The molecule has 0 amide bonds. The van der Waals surface area contributed by atoms with Crippen molar-refractivity contribution >= 4 is 11.5 Å². The van der Waals surface area contributed by atoms with Crippen LogP contribution in [0.2, 0.25) is 0 Å². The second-order valence-electron chi connectivity index (χ2n) is 6.02. The van der Waals surface area contributed by atoms with Gasteiger partial charge in [-0.2, -0.15) is 0 Å². The van der Waals surface area contributed by atoms with Crippen LogP contribution in [0, 0.1) is 11.3 Å². The Morgan fingerprint density at radius 3 is 2.59 bits per heavy atom. The molecule has 1 aromatic carbocycles. The van der Waals surface area contributed by atoms with E-state index in [-0.39, 0.29) is 6.61 Å². The van der Waals surface area contributed by atoms with Crippen molar-refractivity contribution in [2.75, 3.05) is 6.61 Å². The summed E-state index contributed by atoms with van der Waals surface area (Å²) in [5.41, 5.74) is 2.28. The molecule has 2 rings (SSSR count). The van der Waals surface area contributed by atoms with Crippen LogP contribution in [0.15, 0.2) is 60.2 Å². The minimum absolute atomic E-state index is 0.0591. The minimum Gasteiger partial charge on any atom is -0.481 e. The van der Waals surface area contributed by atoms with E-state index in [9.17, 15) is 15.0 Å². The number of carboxylic acids is 1. The van der Waals surface area contributed by atoms with Crippen LogP contribution in [0.5, 0.6) is 0 Å². The molecule has 2 atom stereocenters. The quantitative estimate of drug-likeness (QED) is 0.872. The van der Waals surface area contributed by atoms with Gasteiger partial charge in [-0.3, -0.25) is 4.79 Å². The Hall–Kier alpha value is -2.13. The molecule has 0 aliphatic heterocycles. The monoisotopic (exact) mass is 298 g/mol. The molecule has 3 heteroatoms. The zero-order chi connectivity index (χ0) is 16.2. The molecule has 1 aliphatic rings. The van der Waals surface area contributed by atoms with Crippen LogP contribution in [0.1, 0.15) is 25.8 Å². The first-order chi connectivity index (χ1) is 10.5. The number of allylic oxidation sites excluding steroid dienone is 4. The van der Waals surface area contributed by atoms with Crippen molar-refractivity contribution in [2.45, 2.75) is 20.3 Å². The van der Waals surface area contributed by atoms with Crippen molar-refractivity contribution in [2.24, 2.45) is 11.3 Å². The van der Waals surface area contributed by atoms with E-state index in [1.807, 2.05) is 62.4 Å². The molecule has 3 nitrogen and oxygen atoms in total. The molecule has 0 fully saturated rings. The number of aliphatic carboxylic acids is 1. The van der Waals surface area contributed by atoms with Crippen molar-refractivity contribution in [3.63, 3.8) is 0 Å². The Bertz CT molecular complexity index is 625. The zero-order valence-electron chi connectivity index (χ0n) is 13.0. The van der Waals surface area contributed by atoms with Crippen molar-refractivity contribution < 1.29 is 15.0 Å². The van der Waals surface area contributed by atoms with Crippen molar-refractivity contribution in [3.05, 3.63) is 65.8 Å². The Kier molecular flexibility index (Phi) is 4.99. The maximum atomic E-state index is 11.6. The minimum atomic E-state index is -0.815. The van der Waals surface area contributed by atoms with Crippen molar-refractivity contribution in [1.82, 2.24) is 0 Å². The zero-order valence-corrected chi connectivity index (χ0v) is 13.0. The molecule has 116 valence electrons. The first-order valence-electron chi connectivity index (χ1n) is 7.42. The van der Waals surface area contributed by atoms with Gasteiger partial charge in [0.25, 0.3) is 0 Å². The molecular formula is C19H22O3. The summed E-state index contributed by atoms with van der Waals surface area (Å²) in [5, 5.41) is 19.1. The number of hydrogen-bond acceptors (Lipinski definition) is 2. The van der Waals surface area contributed by atoms with Crippen LogP contribution in [0.25, 0.3) is 5.57 Å². The highest BCUT2D eigenvalue weighted by molar-refractivity contribution is 5.75. The number of aliphatic hydroxyl groups excluding tert-OH is 1. The summed E-state index contributed by atoms with van der Waals surface area (Å²) in [7, 11) is 0. The lowest BCUT2D eigenvalue weighted by Crippen LogP contribution is -2.32. The van der Waals surface area contributed by atoms with E-state index in [2.05, 4.69) is 0 Å². The lowest BCUT2D eigenvalue weighted by atomic mass is 9.70. The predicted octanol–water partition coefficient (Wildman–Crippen LogP) is 3.68. The van der Waals surface area contributed by atoms with Gasteiger partial charge in [0.05, 0.1) is 12.5 Å². The summed E-state index contributed by atoms with van der Waals surface area (Å²) < 4.78 is 0. The van der Waals surface area contributed by atoms with E-state index in [4.69, 9.17) is 0 Å². The molecule has 0 bridgehead atoms. The van der Waals surface area contributed by atoms with Gasteiger partial charge in [-0.15, -0.1) is 0 Å². The number of carbonyl (C=O) groups is 1. The van der Waals surface area contributed by atoms with E-state index in [1.165, 1.54) is 0 Å². The average Bonchev–Trinajstić information content (AvgIpc) is 2.51. The smallest absolute Gasteiger partial charge is 0.311 e. The van der Waals surface area contributed by atoms with Crippen LogP contribution in [0.3, 0.4) is 0 Å². The Morgan fingerprint density at radius 2 is 2.00 bits per heavy atom. The summed E-state index contributed by atoms with van der Waals surface area (Å²) >= 11 is 0. The van der Waals surface area contributed by atoms with Crippen LogP contribution >= 0.6 is 0 Å². The predicted molar refractivity (Wildman–Crippen MR) is 88.3 cm³/mol. The van der Waals surface area contributed by atoms with Gasteiger partial charge < -0.3 is 10.2 Å². The second-order valence-corrected chi connectivity index (χ2v) is 6.02. The second kappa shape index (κ2) is 6.75. The third-order valence-electron chi connectivity index (χ3n) is 4.24. The van der Waals surface area contributed by atoms with E-state index in [0.717, 1.165) is 16.7 Å². The summed E-state index contributed by atoms with van der Waals surface area (Å²) in [6.07, 6.45) is 8.25. The SMILES string of the molecule is CC1=CC(C(=O)O)C(C)(C/C=C(\CO)c2ccccc2)C=C1. The summed E-state index contributed by atoms with van der Waals surface area (Å²) in [6.45, 7) is 3.79. The molecular weight excluding hydrogens is 276 g/mol. The lowest BCUT2D eigenvalue weighted by Gasteiger charge is -2.33. The van der Waals surface area contributed by atoms with Crippen LogP contribution < -0.4 is 0 Å². The van der Waals surface area contributed by atoms with Gasteiger partial charge in [-0.25, -0.2) is 0 Å². The van der Waals surface area contributed by atoms with Gasteiger partial charge in [-0.1, -0.05) is 67.1 Å². The standard InChI is InChI=1S/C19H22O3/c1-14-8-10-19(2,17(12-14)18(21)22)11-9-16(13-20)15-6-4-3-5-7-15/h3-10,12,17,20H,11,13H2,1-2H3,(H,21,22)/b16-9+. The first-order valence-corrected chi connectivity index (χ1v) is 7.42. The molecule has 0 spiro atoms. The number of aliphatic hydroxyl groups is 1. The van der Waals surface area contributed by atoms with E-state index < -0.39 is 17.3 Å². The highest BCUT2D eigenvalue weighted by Crippen LogP contribution is 2.39. The Morgan fingerprint density at radius 1 is 1.32 bits per heavy atom. The topological polar surface area (TPSA) is 57.5 Å². The fraction of sp³-hybridized carbons (Fsp3) is 0.316. The molecule has 0 heterocycles. The molecule has 1 aliphatic carbocycles. The maximum absolute atomic E-state index is 11.6. The maximum Gasteiger partial charge on any atom is 0.311 e. The fourth-order valence-corrected chi connectivity index (χ4v) is 2.75. The Balaban J connectivity index is 2.26. The van der Waals surface area contributed by atoms with Crippen molar-refractivity contribution in [1.29, 1.82) is 0 Å². The van der Waals surface area contributed by atoms with Gasteiger partial charge in [0.15, 0.2) is 0 Å². The normalized spacial score (nSPS) is 25.0. The molecule has 2 unspecified atom stereocenters. The van der Waals surface area contributed by atoms with Crippen LogP contribution in [-0.4, -0.2) is 22.8 Å². The number of benzene rings is 1. The van der Waals surface area contributed by atoms with Gasteiger partial charge in [0, 0.05) is 5.41 Å². The largest absolute Gasteiger partial charge is 0.481 e. The number of carboxylic acid groups (broad SMARTS) is 1. The number of hydrogen-bond donors (Lipinski definition) is 2. The molecule has 0 radical (unpaired) electrons. The van der Waals surface area contributed by atoms with Gasteiger partial charge >= 0.3 is 5.97 Å². The molecule has 2 N–H and O–H groups in total. The summed E-state index contributed by atoms with van der Waals surface area (Å²) in [6, 6.07) is 9.66. The van der Waals surface area contributed by atoms with Gasteiger partial charge in [0.2, 0.25) is 0 Å². The average molecular weight is 298 g/mol. The molecule has 0 aromatic heterocycles. The highest BCUT2D eigenvalue weighted by Gasteiger charge is 2.36. The third-order valence-corrected chi connectivity index (χ3v) is 4.24. The molecule has 0 saturated heterocycles. The summed E-state index contributed by atoms with van der Waals surface area (Å²) in [5.74, 6) is -1.37. The lowest BCUT2D eigenvalue weighted by molar-refractivity contribution is -0.142. The fourth-order valence-electron chi connectivity index (χ4n) is 2.75. The van der Waals surface area contributed by atoms with Gasteiger partial charge in [-0.05, 0) is 24.5 Å². The molecule has 0 saturated carbocycles. The van der Waals surface area contributed by atoms with Gasteiger partial charge in [0.1, 0.15) is 0 Å². The third kappa shape index (κ3) is 3.55. The number of rotatable bonds is 5. The van der Waals surface area contributed by atoms with E-state index in [0.29, 0.717) is 6.42 Å². The van der Waals surface area contributed by atoms with E-state index in [1.54, 1.807) is 6.08 Å². The highest BCUT2D eigenvalue weighted by atomic mass is 16.4. The first kappa shape index (κ1) is 16.2. The molecule has 22 heavy (non-hydrogen) atoms. The van der Waals surface area contributed by atoms with Crippen LogP contribution in [0.4, 0.5) is 0 Å². The van der Waals surface area contributed by atoms with Crippen LogP contribution in [-0.2, 0) is 4.79 Å². The summed E-state index contributed by atoms with van der Waals surface area (Å²) in [4.78, 5) is 11.6. The van der Waals surface area contributed by atoms with E-state index >= 15 is 0 Å².